The van der Waals surface area contributed by atoms with Crippen LogP contribution in [-0.4, -0.2) is 68.8 Å². The molecule has 0 radical (unpaired) electrons. The van der Waals surface area contributed by atoms with Gasteiger partial charge in [0.1, 0.15) is 4.21 Å². The van der Waals surface area contributed by atoms with E-state index in [2.05, 4.69) is 0 Å². The van der Waals surface area contributed by atoms with Crippen LogP contribution < -0.4 is 4.90 Å². The topological polar surface area (TPSA) is 73.8 Å². The number of anilines is 1. The van der Waals surface area contributed by atoms with Crippen molar-refractivity contribution in [2.45, 2.75) is 17.1 Å². The second kappa shape index (κ2) is 9.74. The quantitative estimate of drug-likeness (QED) is 0.478. The summed E-state index contributed by atoms with van der Waals surface area (Å²) in [7, 11) is 0.371. The number of rotatable bonds is 7. The van der Waals surface area contributed by atoms with Crippen LogP contribution >= 0.6 is 34.3 Å². The minimum Gasteiger partial charge on any atom is -0.308 e. The minimum absolute atomic E-state index is 0.0159. The van der Waals surface area contributed by atoms with Crippen molar-refractivity contribution in [1.82, 2.24) is 14.2 Å². The van der Waals surface area contributed by atoms with E-state index >= 15 is 0 Å². The summed E-state index contributed by atoms with van der Waals surface area (Å²) in [5, 5.41) is 0.696. The number of hydrogen-bond acceptors (Lipinski definition) is 7. The van der Waals surface area contributed by atoms with Gasteiger partial charge in [-0.25, -0.2) is 13.4 Å². The monoisotopic (exact) mass is 512 g/mol. The summed E-state index contributed by atoms with van der Waals surface area (Å²) in [6, 6.07) is 11.0. The predicted octanol–water partition coefficient (Wildman–Crippen LogP) is 4.01. The van der Waals surface area contributed by atoms with Crippen LogP contribution in [0.2, 0.25) is 4.34 Å². The van der Waals surface area contributed by atoms with Crippen LogP contribution in [0.4, 0.5) is 5.13 Å². The van der Waals surface area contributed by atoms with Crippen LogP contribution in [-0.2, 0) is 14.8 Å². The Morgan fingerprint density at radius 3 is 2.47 bits per heavy atom. The van der Waals surface area contributed by atoms with E-state index in [1.165, 1.54) is 21.7 Å². The van der Waals surface area contributed by atoms with E-state index in [1.807, 2.05) is 43.3 Å². The fourth-order valence-electron chi connectivity index (χ4n) is 3.70. The van der Waals surface area contributed by atoms with Gasteiger partial charge in [0, 0.05) is 32.1 Å². The van der Waals surface area contributed by atoms with Crippen molar-refractivity contribution >= 4 is 65.6 Å². The van der Waals surface area contributed by atoms with Gasteiger partial charge in [0.05, 0.1) is 14.6 Å². The number of sulfonamides is 1. The molecule has 11 heteroatoms. The Kier molecular flexibility index (Phi) is 7.18. The number of fused-ring (bicyclic) bond motifs is 1. The van der Waals surface area contributed by atoms with Gasteiger partial charge in [-0.05, 0) is 51.2 Å². The van der Waals surface area contributed by atoms with E-state index in [0.717, 1.165) is 21.6 Å². The molecule has 0 saturated carbocycles. The zero-order valence-corrected chi connectivity index (χ0v) is 21.1. The number of hydrogen-bond donors (Lipinski definition) is 0. The Bertz CT molecular complexity index is 1170. The Hall–Kier alpha value is -1.56. The van der Waals surface area contributed by atoms with Crippen LogP contribution in [0.1, 0.15) is 12.8 Å². The third-order valence-electron chi connectivity index (χ3n) is 5.50. The molecule has 3 aromatic rings. The van der Waals surface area contributed by atoms with Crippen molar-refractivity contribution in [2.75, 3.05) is 45.2 Å². The summed E-state index contributed by atoms with van der Waals surface area (Å²) in [6.07, 6.45) is 0.973. The molecule has 172 valence electrons. The summed E-state index contributed by atoms with van der Waals surface area (Å²) in [5.74, 6) is -0.218. The van der Waals surface area contributed by atoms with Crippen LogP contribution in [0.25, 0.3) is 10.2 Å². The van der Waals surface area contributed by atoms with Crippen molar-refractivity contribution in [2.24, 2.45) is 5.92 Å². The van der Waals surface area contributed by atoms with Crippen LogP contribution in [0.15, 0.2) is 40.6 Å². The third kappa shape index (κ3) is 5.00. The summed E-state index contributed by atoms with van der Waals surface area (Å²) < 4.78 is 28.9. The van der Waals surface area contributed by atoms with Crippen molar-refractivity contribution in [1.29, 1.82) is 0 Å². The van der Waals surface area contributed by atoms with Crippen LogP contribution in [0, 0.1) is 5.92 Å². The van der Waals surface area contributed by atoms with Gasteiger partial charge >= 0.3 is 0 Å². The number of nitrogens with zero attached hydrogens (tertiary/aromatic N) is 4. The largest absolute Gasteiger partial charge is 0.308 e. The fourth-order valence-corrected chi connectivity index (χ4v) is 7.81. The lowest BCUT2D eigenvalue weighted by molar-refractivity contribution is -0.123. The van der Waals surface area contributed by atoms with Gasteiger partial charge in [-0.1, -0.05) is 35.1 Å². The number of benzene rings is 1. The molecule has 1 aliphatic rings. The number of thiophene rings is 1. The first-order valence-corrected chi connectivity index (χ1v) is 13.8. The van der Waals surface area contributed by atoms with Crippen molar-refractivity contribution in [3.05, 3.63) is 40.7 Å². The van der Waals surface area contributed by atoms with Gasteiger partial charge in [0.15, 0.2) is 5.13 Å². The highest BCUT2D eigenvalue weighted by atomic mass is 35.5. The van der Waals surface area contributed by atoms with E-state index in [9.17, 15) is 13.2 Å². The predicted molar refractivity (Wildman–Crippen MR) is 131 cm³/mol. The molecule has 0 spiro atoms. The van der Waals surface area contributed by atoms with Crippen molar-refractivity contribution in [3.63, 3.8) is 0 Å². The molecule has 1 aliphatic heterocycles. The molecule has 1 aromatic carbocycles. The smallest absolute Gasteiger partial charge is 0.252 e. The number of thiazole rings is 1. The van der Waals surface area contributed by atoms with E-state index in [1.54, 1.807) is 11.0 Å². The number of carbonyl (C=O) groups is 1. The van der Waals surface area contributed by atoms with E-state index < -0.39 is 10.0 Å². The SMILES string of the molecule is CN(C)CCN(C(=O)C1CCN(S(=O)(=O)c2ccc(Cl)s2)CC1)c1nc2ccccc2s1. The van der Waals surface area contributed by atoms with E-state index in [4.69, 9.17) is 16.6 Å². The van der Waals surface area contributed by atoms with Crippen molar-refractivity contribution in [3.8, 4) is 0 Å². The molecule has 0 N–H and O–H groups in total. The number of likely N-dealkylation sites (N-methyl/N-ethyl adjacent to an activating group) is 1. The van der Waals surface area contributed by atoms with Gasteiger partial charge in [0.25, 0.3) is 10.0 Å². The van der Waals surface area contributed by atoms with Crippen LogP contribution in [0.3, 0.4) is 0 Å². The highest BCUT2D eigenvalue weighted by molar-refractivity contribution is 7.91. The molecule has 0 aliphatic carbocycles. The second-order valence-corrected chi connectivity index (χ2v) is 12.9. The number of carbonyl (C=O) groups excluding carboxylic acids is 1. The maximum Gasteiger partial charge on any atom is 0.252 e. The van der Waals surface area contributed by atoms with Gasteiger partial charge in [0.2, 0.25) is 5.91 Å². The lowest BCUT2D eigenvalue weighted by Crippen LogP contribution is -2.45. The summed E-state index contributed by atoms with van der Waals surface area (Å²) in [4.78, 5) is 22.0. The average Bonchev–Trinajstić information content (AvgIpc) is 3.40. The molecular formula is C21H25ClN4O3S3. The van der Waals surface area contributed by atoms with Crippen LogP contribution in [0.5, 0.6) is 0 Å². The third-order valence-corrected chi connectivity index (χ3v) is 10.2. The molecule has 0 unspecified atom stereocenters. The number of para-hydroxylation sites is 1. The van der Waals surface area contributed by atoms with Gasteiger partial charge in [-0.2, -0.15) is 4.31 Å². The molecular weight excluding hydrogens is 488 g/mol. The summed E-state index contributed by atoms with van der Waals surface area (Å²) >= 11 is 8.49. The number of amides is 1. The highest BCUT2D eigenvalue weighted by Crippen LogP contribution is 2.33. The standard InChI is InChI=1S/C21H25ClN4O3S3/c1-24(2)13-14-26(21-23-16-5-3-4-6-17(16)30-21)20(27)15-9-11-25(12-10-15)32(28,29)19-8-7-18(22)31-19/h3-8,15H,9-14H2,1-2H3. The first-order chi connectivity index (χ1) is 15.3. The molecule has 32 heavy (non-hydrogen) atoms. The van der Waals surface area contributed by atoms with E-state index in [-0.39, 0.29) is 16.0 Å². The summed E-state index contributed by atoms with van der Waals surface area (Å²) in [6.45, 7) is 1.89. The molecule has 7 nitrogen and oxygen atoms in total. The van der Waals surface area contributed by atoms with Crippen molar-refractivity contribution < 1.29 is 13.2 Å². The molecule has 0 bridgehead atoms. The molecule has 2 aromatic heterocycles. The average molecular weight is 513 g/mol. The maximum atomic E-state index is 13.5. The zero-order valence-electron chi connectivity index (χ0n) is 17.9. The molecule has 3 heterocycles. The Labute approximate surface area is 201 Å². The molecule has 1 fully saturated rings. The van der Waals surface area contributed by atoms with Gasteiger partial charge in [-0.3, -0.25) is 9.69 Å². The lowest BCUT2D eigenvalue weighted by atomic mass is 9.96. The fraction of sp³-hybridized carbons (Fsp3) is 0.429. The second-order valence-electron chi connectivity index (χ2n) is 7.99. The number of piperidine rings is 1. The van der Waals surface area contributed by atoms with Gasteiger partial charge < -0.3 is 4.90 Å². The normalized spacial score (nSPS) is 16.1. The number of halogens is 1. The maximum absolute atomic E-state index is 13.5. The Morgan fingerprint density at radius 1 is 1.12 bits per heavy atom. The molecule has 0 atom stereocenters. The Balaban J connectivity index is 1.49. The van der Waals surface area contributed by atoms with Gasteiger partial charge in [-0.15, -0.1) is 11.3 Å². The minimum atomic E-state index is -3.58. The molecule has 4 rings (SSSR count). The summed E-state index contributed by atoms with van der Waals surface area (Å²) in [5.41, 5.74) is 0.880. The van der Waals surface area contributed by atoms with E-state index in [0.29, 0.717) is 48.5 Å². The molecule has 1 saturated heterocycles. The Morgan fingerprint density at radius 2 is 1.84 bits per heavy atom. The highest BCUT2D eigenvalue weighted by Gasteiger charge is 2.35. The number of aromatic nitrogens is 1. The first kappa shape index (κ1) is 23.6. The first-order valence-electron chi connectivity index (χ1n) is 10.3. The lowest BCUT2D eigenvalue weighted by Gasteiger charge is -2.33. The zero-order chi connectivity index (χ0) is 22.9. The molecule has 1 amide bonds.